The van der Waals surface area contributed by atoms with E-state index in [0.29, 0.717) is 0 Å². The molecule has 0 unspecified atom stereocenters. The van der Waals surface area contributed by atoms with Gasteiger partial charge in [-0.25, -0.2) is 13.1 Å². The van der Waals surface area contributed by atoms with Crippen LogP contribution >= 0.6 is 0 Å². The third kappa shape index (κ3) is 5.46. The lowest BCUT2D eigenvalue weighted by molar-refractivity contribution is -0.140. The molecule has 0 bridgehead atoms. The average Bonchev–Trinajstić information content (AvgIpc) is 2.86. The Labute approximate surface area is 114 Å². The normalized spacial score (nSPS) is 18.4. The second-order valence-electron chi connectivity index (χ2n) is 5.18. The van der Waals surface area contributed by atoms with Gasteiger partial charge in [0.15, 0.2) is 0 Å². The number of aliphatic hydroxyl groups excluding tert-OH is 1. The first-order valence-electron chi connectivity index (χ1n) is 6.58. The molecule has 0 aromatic carbocycles. The van der Waals surface area contributed by atoms with Gasteiger partial charge in [-0.2, -0.15) is 0 Å². The summed E-state index contributed by atoms with van der Waals surface area (Å²) in [5.74, 6) is -0.498. The van der Waals surface area contributed by atoms with Gasteiger partial charge in [0.05, 0.1) is 12.9 Å². The molecule has 0 amide bonds. The summed E-state index contributed by atoms with van der Waals surface area (Å²) < 4.78 is 30.5. The van der Waals surface area contributed by atoms with Crippen LogP contribution in [-0.4, -0.2) is 45.5 Å². The molecule has 0 saturated heterocycles. The summed E-state index contributed by atoms with van der Waals surface area (Å²) in [4.78, 5) is 10.9. The van der Waals surface area contributed by atoms with Crippen LogP contribution in [0, 0.1) is 5.41 Å². The lowest BCUT2D eigenvalue weighted by Gasteiger charge is -2.26. The van der Waals surface area contributed by atoms with E-state index in [9.17, 15) is 18.3 Å². The Morgan fingerprint density at radius 1 is 1.37 bits per heavy atom. The van der Waals surface area contributed by atoms with E-state index in [4.69, 9.17) is 0 Å². The number of carbonyl (C=O) groups excluding carboxylic acids is 1. The topological polar surface area (TPSA) is 92.7 Å². The van der Waals surface area contributed by atoms with E-state index in [1.807, 2.05) is 0 Å². The summed E-state index contributed by atoms with van der Waals surface area (Å²) in [5, 5.41) is 9.40. The maximum Gasteiger partial charge on any atom is 0.305 e. The molecular formula is C12H23NO5S. The van der Waals surface area contributed by atoms with Crippen molar-refractivity contribution >= 4 is 16.0 Å². The minimum absolute atomic E-state index is 0.0116. The van der Waals surface area contributed by atoms with Gasteiger partial charge >= 0.3 is 5.97 Å². The number of methoxy groups -OCH3 is 1. The molecule has 0 aliphatic heterocycles. The van der Waals surface area contributed by atoms with Gasteiger partial charge in [0.25, 0.3) is 0 Å². The van der Waals surface area contributed by atoms with E-state index in [1.165, 1.54) is 7.11 Å². The quantitative estimate of drug-likeness (QED) is 0.632. The number of rotatable bonds is 8. The predicted octanol–water partition coefficient (Wildman–Crippen LogP) is 0.412. The van der Waals surface area contributed by atoms with Crippen LogP contribution in [0.15, 0.2) is 0 Å². The van der Waals surface area contributed by atoms with Crippen molar-refractivity contribution in [1.82, 2.24) is 4.72 Å². The van der Waals surface area contributed by atoms with Crippen LogP contribution in [0.3, 0.4) is 0 Å². The minimum Gasteiger partial charge on any atom is -0.469 e. The molecule has 1 aliphatic carbocycles. The highest BCUT2D eigenvalue weighted by Crippen LogP contribution is 2.36. The molecule has 1 rings (SSSR count). The molecule has 1 aliphatic rings. The highest BCUT2D eigenvalue weighted by atomic mass is 32.2. The Hall–Kier alpha value is -0.660. The predicted molar refractivity (Wildman–Crippen MR) is 71.0 cm³/mol. The van der Waals surface area contributed by atoms with Crippen molar-refractivity contribution in [2.45, 2.75) is 38.5 Å². The van der Waals surface area contributed by atoms with Crippen molar-refractivity contribution < 1.29 is 23.1 Å². The zero-order valence-electron chi connectivity index (χ0n) is 11.4. The summed E-state index contributed by atoms with van der Waals surface area (Å²) in [5.41, 5.74) is -0.296. The van der Waals surface area contributed by atoms with Crippen LogP contribution in [0.5, 0.6) is 0 Å². The van der Waals surface area contributed by atoms with Crippen LogP contribution in [-0.2, 0) is 19.6 Å². The fourth-order valence-corrected chi connectivity index (χ4v) is 3.55. The van der Waals surface area contributed by atoms with Gasteiger partial charge in [-0.15, -0.1) is 0 Å². The summed E-state index contributed by atoms with van der Waals surface area (Å²) >= 11 is 0. The fraction of sp³-hybridized carbons (Fsp3) is 0.917. The molecule has 0 spiro atoms. The van der Waals surface area contributed by atoms with Gasteiger partial charge in [-0.3, -0.25) is 4.79 Å². The Balaban J connectivity index is 2.36. The van der Waals surface area contributed by atoms with Crippen molar-refractivity contribution in [3.8, 4) is 0 Å². The molecule has 19 heavy (non-hydrogen) atoms. The Morgan fingerprint density at radius 3 is 2.53 bits per heavy atom. The third-order valence-corrected chi connectivity index (χ3v) is 5.10. The Bertz CT molecular complexity index is 387. The number of aliphatic hydroxyl groups is 1. The first-order chi connectivity index (χ1) is 8.93. The summed E-state index contributed by atoms with van der Waals surface area (Å²) in [7, 11) is -2.11. The molecule has 112 valence electrons. The number of sulfonamides is 1. The van der Waals surface area contributed by atoms with Crippen molar-refractivity contribution in [3.05, 3.63) is 0 Å². The monoisotopic (exact) mass is 293 g/mol. The molecule has 1 saturated carbocycles. The highest BCUT2D eigenvalue weighted by Gasteiger charge is 2.34. The van der Waals surface area contributed by atoms with Crippen LogP contribution < -0.4 is 4.72 Å². The number of nitrogens with one attached hydrogen (secondary N) is 1. The van der Waals surface area contributed by atoms with Crippen LogP contribution in [0.25, 0.3) is 0 Å². The van der Waals surface area contributed by atoms with E-state index in [0.717, 1.165) is 25.7 Å². The van der Waals surface area contributed by atoms with Crippen LogP contribution in [0.2, 0.25) is 0 Å². The molecule has 1 fully saturated rings. The highest BCUT2D eigenvalue weighted by molar-refractivity contribution is 7.89. The lowest BCUT2D eigenvalue weighted by atomic mass is 9.88. The summed E-state index contributed by atoms with van der Waals surface area (Å²) in [6.07, 6.45) is 4.12. The van der Waals surface area contributed by atoms with E-state index in [2.05, 4.69) is 9.46 Å². The third-order valence-electron chi connectivity index (χ3n) is 3.69. The van der Waals surface area contributed by atoms with Crippen molar-refractivity contribution in [2.24, 2.45) is 5.41 Å². The second-order valence-corrected chi connectivity index (χ2v) is 7.11. The number of hydrogen-bond donors (Lipinski definition) is 2. The lowest BCUT2D eigenvalue weighted by Crippen LogP contribution is -2.39. The molecule has 7 heteroatoms. The first kappa shape index (κ1) is 16.4. The molecule has 0 radical (unpaired) electrons. The van der Waals surface area contributed by atoms with E-state index in [-0.39, 0.29) is 37.2 Å². The standard InChI is InChI=1S/C12H23NO5S/c1-18-11(15)5-4-8-19(16,17)13-9-12(10-14)6-2-3-7-12/h13-14H,2-10H2,1H3. The summed E-state index contributed by atoms with van der Waals surface area (Å²) in [6, 6.07) is 0. The number of ether oxygens (including phenoxy) is 1. The maximum atomic E-state index is 11.8. The van der Waals surface area contributed by atoms with Crippen LogP contribution in [0.1, 0.15) is 38.5 Å². The fourth-order valence-electron chi connectivity index (χ4n) is 2.36. The van der Waals surface area contributed by atoms with Crippen molar-refractivity contribution in [2.75, 3.05) is 26.0 Å². The number of hydrogen-bond acceptors (Lipinski definition) is 5. The molecular weight excluding hydrogens is 270 g/mol. The zero-order valence-corrected chi connectivity index (χ0v) is 12.2. The van der Waals surface area contributed by atoms with Gasteiger partial charge < -0.3 is 9.84 Å². The van der Waals surface area contributed by atoms with Gasteiger partial charge in [-0.1, -0.05) is 12.8 Å². The molecule has 0 heterocycles. The smallest absolute Gasteiger partial charge is 0.305 e. The number of esters is 1. The molecule has 6 nitrogen and oxygen atoms in total. The maximum absolute atomic E-state index is 11.8. The van der Waals surface area contributed by atoms with Gasteiger partial charge in [0.2, 0.25) is 10.0 Å². The Kier molecular flexibility index (Phi) is 6.22. The van der Waals surface area contributed by atoms with Gasteiger partial charge in [0.1, 0.15) is 0 Å². The molecule has 0 atom stereocenters. The largest absolute Gasteiger partial charge is 0.469 e. The van der Waals surface area contributed by atoms with Crippen molar-refractivity contribution in [1.29, 1.82) is 0 Å². The van der Waals surface area contributed by atoms with Gasteiger partial charge in [-0.05, 0) is 19.3 Å². The average molecular weight is 293 g/mol. The van der Waals surface area contributed by atoms with E-state index in [1.54, 1.807) is 0 Å². The minimum atomic E-state index is -3.39. The Morgan fingerprint density at radius 2 is 2.00 bits per heavy atom. The van der Waals surface area contributed by atoms with Crippen molar-refractivity contribution in [3.63, 3.8) is 0 Å². The van der Waals surface area contributed by atoms with E-state index < -0.39 is 16.0 Å². The molecule has 0 aromatic heterocycles. The van der Waals surface area contributed by atoms with E-state index >= 15 is 0 Å². The second kappa shape index (κ2) is 7.21. The number of carbonyl (C=O) groups is 1. The zero-order chi connectivity index (χ0) is 14.4. The SMILES string of the molecule is COC(=O)CCCS(=O)(=O)NCC1(CO)CCCC1. The first-order valence-corrected chi connectivity index (χ1v) is 8.23. The molecule has 2 N–H and O–H groups in total. The molecule has 0 aromatic rings. The van der Waals surface area contributed by atoms with Crippen LogP contribution in [0.4, 0.5) is 0 Å². The van der Waals surface area contributed by atoms with Gasteiger partial charge in [0, 0.05) is 25.0 Å². The summed E-state index contributed by atoms with van der Waals surface area (Å²) in [6.45, 7) is 0.293.